The first kappa shape index (κ1) is 12.0. The molecule has 0 amide bonds. The van der Waals surface area contributed by atoms with Crippen molar-refractivity contribution in [1.29, 1.82) is 0 Å². The molecule has 0 aromatic heterocycles. The Morgan fingerprint density at radius 3 is 2.71 bits per heavy atom. The number of nitrogens with one attached hydrogen (secondary N) is 1. The number of hydrogen-bond acceptors (Lipinski definition) is 2. The molecule has 0 heterocycles. The van der Waals surface area contributed by atoms with Crippen molar-refractivity contribution in [2.24, 2.45) is 5.92 Å². The smallest absolute Gasteiger partial charge is 0.308 e. The number of aliphatic carboxylic acids is 1. The molecule has 3 heteroatoms. The van der Waals surface area contributed by atoms with Gasteiger partial charge >= 0.3 is 5.97 Å². The van der Waals surface area contributed by atoms with Gasteiger partial charge in [-0.1, -0.05) is 6.07 Å². The van der Waals surface area contributed by atoms with Gasteiger partial charge in [0, 0.05) is 11.7 Å². The number of aryl methyl sites for hydroxylation is 2. The van der Waals surface area contributed by atoms with E-state index in [4.69, 9.17) is 5.11 Å². The lowest BCUT2D eigenvalue weighted by Crippen LogP contribution is -2.29. The predicted octanol–water partition coefficient (Wildman–Crippen LogP) is 2.70. The van der Waals surface area contributed by atoms with Crippen molar-refractivity contribution in [3.8, 4) is 0 Å². The maximum atomic E-state index is 10.9. The highest BCUT2D eigenvalue weighted by molar-refractivity contribution is 5.71. The molecule has 92 valence electrons. The first-order valence-electron chi connectivity index (χ1n) is 6.19. The molecule has 0 fully saturated rings. The second kappa shape index (κ2) is 4.78. The highest BCUT2D eigenvalue weighted by Gasteiger charge is 2.19. The number of carboxylic acids is 1. The summed E-state index contributed by atoms with van der Waals surface area (Å²) in [7, 11) is 0. The number of hydrogen-bond donors (Lipinski definition) is 2. The largest absolute Gasteiger partial charge is 0.481 e. The SMILES string of the molecule is CC(Nc1ccc2c(c1)CCC2)C(C)C(=O)O. The van der Waals surface area contributed by atoms with Crippen LogP contribution in [0.4, 0.5) is 5.69 Å². The number of benzene rings is 1. The number of fused-ring (bicyclic) bond motifs is 1. The lowest BCUT2D eigenvalue weighted by Gasteiger charge is -2.19. The van der Waals surface area contributed by atoms with E-state index in [9.17, 15) is 4.79 Å². The number of rotatable bonds is 4. The fourth-order valence-electron chi connectivity index (χ4n) is 2.26. The Morgan fingerprint density at radius 2 is 2.00 bits per heavy atom. The average Bonchev–Trinajstić information content (AvgIpc) is 2.74. The van der Waals surface area contributed by atoms with Gasteiger partial charge in [-0.2, -0.15) is 0 Å². The van der Waals surface area contributed by atoms with Crippen LogP contribution in [0.2, 0.25) is 0 Å². The van der Waals surface area contributed by atoms with Crippen LogP contribution in [-0.4, -0.2) is 17.1 Å². The monoisotopic (exact) mass is 233 g/mol. The van der Waals surface area contributed by atoms with Gasteiger partial charge in [-0.3, -0.25) is 4.79 Å². The lowest BCUT2D eigenvalue weighted by molar-refractivity contribution is -0.141. The molecule has 1 aliphatic carbocycles. The molecular weight excluding hydrogens is 214 g/mol. The molecule has 1 aromatic rings. The van der Waals surface area contributed by atoms with Crippen molar-refractivity contribution < 1.29 is 9.90 Å². The molecule has 0 saturated heterocycles. The van der Waals surface area contributed by atoms with Crippen molar-refractivity contribution in [3.05, 3.63) is 29.3 Å². The molecule has 2 rings (SSSR count). The summed E-state index contributed by atoms with van der Waals surface area (Å²) in [6.45, 7) is 3.64. The molecular formula is C14H19NO2. The van der Waals surface area contributed by atoms with Gasteiger partial charge in [-0.05, 0) is 56.4 Å². The zero-order chi connectivity index (χ0) is 12.4. The summed E-state index contributed by atoms with van der Waals surface area (Å²) in [6.07, 6.45) is 3.56. The number of anilines is 1. The third-order valence-corrected chi connectivity index (χ3v) is 3.63. The van der Waals surface area contributed by atoms with E-state index in [1.165, 1.54) is 24.0 Å². The van der Waals surface area contributed by atoms with Gasteiger partial charge in [-0.25, -0.2) is 0 Å². The van der Waals surface area contributed by atoms with Crippen LogP contribution in [0.25, 0.3) is 0 Å². The zero-order valence-corrected chi connectivity index (χ0v) is 10.4. The molecule has 1 aliphatic rings. The third-order valence-electron chi connectivity index (χ3n) is 3.63. The van der Waals surface area contributed by atoms with Crippen LogP contribution in [-0.2, 0) is 17.6 Å². The third kappa shape index (κ3) is 2.60. The van der Waals surface area contributed by atoms with Crippen LogP contribution in [0, 0.1) is 5.92 Å². The molecule has 2 unspecified atom stereocenters. The highest BCUT2D eigenvalue weighted by atomic mass is 16.4. The van der Waals surface area contributed by atoms with Gasteiger partial charge < -0.3 is 10.4 Å². The van der Waals surface area contributed by atoms with Crippen molar-refractivity contribution in [3.63, 3.8) is 0 Å². The van der Waals surface area contributed by atoms with Crippen LogP contribution in [0.3, 0.4) is 0 Å². The van der Waals surface area contributed by atoms with Crippen molar-refractivity contribution >= 4 is 11.7 Å². The first-order valence-corrected chi connectivity index (χ1v) is 6.19. The first-order chi connectivity index (χ1) is 8.08. The van der Waals surface area contributed by atoms with E-state index in [0.29, 0.717) is 0 Å². The van der Waals surface area contributed by atoms with E-state index < -0.39 is 5.97 Å². The van der Waals surface area contributed by atoms with Crippen LogP contribution in [0.15, 0.2) is 18.2 Å². The van der Waals surface area contributed by atoms with Crippen LogP contribution in [0.5, 0.6) is 0 Å². The summed E-state index contributed by atoms with van der Waals surface area (Å²) < 4.78 is 0. The van der Waals surface area contributed by atoms with Gasteiger partial charge in [-0.15, -0.1) is 0 Å². The second-order valence-corrected chi connectivity index (χ2v) is 4.90. The normalized spacial score (nSPS) is 17.3. The predicted molar refractivity (Wildman–Crippen MR) is 68.4 cm³/mol. The lowest BCUT2D eigenvalue weighted by atomic mass is 10.0. The van der Waals surface area contributed by atoms with Gasteiger partial charge in [0.05, 0.1) is 5.92 Å². The molecule has 0 aliphatic heterocycles. The standard InChI is InChI=1S/C14H19NO2/c1-9(14(16)17)10(2)15-13-7-6-11-4-3-5-12(11)8-13/h6-10,15H,3-5H2,1-2H3,(H,16,17). The van der Waals surface area contributed by atoms with Crippen LogP contribution < -0.4 is 5.32 Å². The molecule has 2 atom stereocenters. The minimum atomic E-state index is -0.758. The van der Waals surface area contributed by atoms with Crippen molar-refractivity contribution in [2.45, 2.75) is 39.2 Å². The Hall–Kier alpha value is -1.51. The summed E-state index contributed by atoms with van der Waals surface area (Å²) in [5, 5.41) is 12.2. The highest BCUT2D eigenvalue weighted by Crippen LogP contribution is 2.25. The fourth-order valence-corrected chi connectivity index (χ4v) is 2.26. The minimum absolute atomic E-state index is 0.0630. The second-order valence-electron chi connectivity index (χ2n) is 4.90. The fraction of sp³-hybridized carbons (Fsp3) is 0.500. The van der Waals surface area contributed by atoms with E-state index in [1.807, 2.05) is 6.92 Å². The van der Waals surface area contributed by atoms with Crippen molar-refractivity contribution in [2.75, 3.05) is 5.32 Å². The molecule has 0 saturated carbocycles. The van der Waals surface area contributed by atoms with E-state index >= 15 is 0 Å². The molecule has 0 spiro atoms. The molecule has 17 heavy (non-hydrogen) atoms. The van der Waals surface area contributed by atoms with E-state index in [-0.39, 0.29) is 12.0 Å². The van der Waals surface area contributed by atoms with Gasteiger partial charge in [0.25, 0.3) is 0 Å². The van der Waals surface area contributed by atoms with Gasteiger partial charge in [0.1, 0.15) is 0 Å². The Morgan fingerprint density at radius 1 is 1.29 bits per heavy atom. The minimum Gasteiger partial charge on any atom is -0.481 e. The van der Waals surface area contributed by atoms with Crippen LogP contribution in [0.1, 0.15) is 31.4 Å². The Bertz CT molecular complexity index is 428. The summed E-state index contributed by atoms with van der Waals surface area (Å²) in [5.41, 5.74) is 3.88. The van der Waals surface area contributed by atoms with E-state index in [1.54, 1.807) is 6.92 Å². The zero-order valence-electron chi connectivity index (χ0n) is 10.4. The van der Waals surface area contributed by atoms with E-state index in [2.05, 4.69) is 23.5 Å². The van der Waals surface area contributed by atoms with Gasteiger partial charge in [0.15, 0.2) is 0 Å². The summed E-state index contributed by atoms with van der Waals surface area (Å²) in [6, 6.07) is 6.30. The molecule has 0 radical (unpaired) electrons. The molecule has 2 N–H and O–H groups in total. The number of carbonyl (C=O) groups is 1. The Labute approximate surface area is 102 Å². The maximum absolute atomic E-state index is 10.9. The maximum Gasteiger partial charge on any atom is 0.308 e. The topological polar surface area (TPSA) is 49.3 Å². The van der Waals surface area contributed by atoms with E-state index in [0.717, 1.165) is 12.1 Å². The average molecular weight is 233 g/mol. The van der Waals surface area contributed by atoms with Crippen molar-refractivity contribution in [1.82, 2.24) is 0 Å². The Balaban J connectivity index is 2.06. The summed E-state index contributed by atoms with van der Waals surface area (Å²) >= 11 is 0. The summed E-state index contributed by atoms with van der Waals surface area (Å²) in [5.74, 6) is -1.14. The van der Waals surface area contributed by atoms with Crippen LogP contribution >= 0.6 is 0 Å². The molecule has 3 nitrogen and oxygen atoms in total. The molecule has 1 aromatic carbocycles. The number of carboxylic acid groups (broad SMARTS) is 1. The summed E-state index contributed by atoms with van der Waals surface area (Å²) in [4.78, 5) is 10.9. The van der Waals surface area contributed by atoms with Gasteiger partial charge in [0.2, 0.25) is 0 Å². The molecule has 0 bridgehead atoms. The quantitative estimate of drug-likeness (QED) is 0.840. The Kier molecular flexibility index (Phi) is 3.36.